The summed E-state index contributed by atoms with van der Waals surface area (Å²) in [6, 6.07) is 44.5. The number of carbonyl (C=O) groups excluding carboxylic acids is 6. The van der Waals surface area contributed by atoms with Crippen molar-refractivity contribution in [1.29, 1.82) is 0 Å². The van der Waals surface area contributed by atoms with Crippen LogP contribution in [0.15, 0.2) is 152 Å². The lowest BCUT2D eigenvalue weighted by Crippen LogP contribution is -2.52. The molecule has 0 aromatic heterocycles. The summed E-state index contributed by atoms with van der Waals surface area (Å²) in [4.78, 5) is 82.5. The number of Topliss-reactive ketones (excluding diaryl/α,β-unsaturated/α-hetero) is 1. The molecule has 12 N–H and O–H groups in total. The SMILES string of the molecule is CC(C)(C)[C@@H](O)C(=O)C1CCC[C@H]1C(=O)NCc1cc(Cl)ccc1CN.NCc1ccc(Cl)cc1CNC(=O)C1CCCN1C(=O)C1(O)c2ccccc2-c2ccccc21.NCc1ccc(Cl)cc1CNC(=O)[C@@H]1CCCN1C(=O)C1(O)c2ccccc2-c2ccccc21. The van der Waals surface area contributed by atoms with E-state index in [4.69, 9.17) is 52.0 Å². The first-order valence-electron chi connectivity index (χ1n) is 32.0. The summed E-state index contributed by atoms with van der Waals surface area (Å²) in [5.41, 5.74) is 24.1. The van der Waals surface area contributed by atoms with Crippen molar-refractivity contribution in [2.75, 3.05) is 13.1 Å². The summed E-state index contributed by atoms with van der Waals surface area (Å²) < 4.78 is 0. The minimum Gasteiger partial charge on any atom is -0.385 e. The fourth-order valence-electron chi connectivity index (χ4n) is 13.9. The maximum Gasteiger partial charge on any atom is 0.264 e. The Labute approximate surface area is 563 Å². The maximum absolute atomic E-state index is 13.9. The van der Waals surface area contributed by atoms with E-state index < -0.39 is 52.5 Å². The highest BCUT2D eigenvalue weighted by atomic mass is 35.5. The van der Waals surface area contributed by atoms with Gasteiger partial charge in [0.05, 0.1) is 0 Å². The van der Waals surface area contributed by atoms with E-state index in [2.05, 4.69) is 16.0 Å². The van der Waals surface area contributed by atoms with Crippen LogP contribution in [0.3, 0.4) is 0 Å². The monoisotopic (exact) mass is 1330 g/mol. The molecule has 492 valence electrons. The highest BCUT2D eigenvalue weighted by Crippen LogP contribution is 2.50. The smallest absolute Gasteiger partial charge is 0.264 e. The van der Waals surface area contributed by atoms with Crippen LogP contribution in [-0.2, 0) is 79.2 Å². The van der Waals surface area contributed by atoms with Gasteiger partial charge < -0.3 is 58.3 Å². The average Bonchev–Trinajstić information content (AvgIpc) is 1.57. The zero-order chi connectivity index (χ0) is 67.2. The van der Waals surface area contributed by atoms with Crippen molar-refractivity contribution < 1.29 is 44.1 Å². The molecule has 12 rings (SSSR count). The molecule has 5 atom stereocenters. The summed E-state index contributed by atoms with van der Waals surface area (Å²) >= 11 is 18.3. The van der Waals surface area contributed by atoms with Crippen molar-refractivity contribution in [3.05, 3.63) is 222 Å². The van der Waals surface area contributed by atoms with Gasteiger partial charge in [-0.2, -0.15) is 0 Å². The number of fused-ring (bicyclic) bond motifs is 6. The molecule has 0 bridgehead atoms. The van der Waals surface area contributed by atoms with Crippen molar-refractivity contribution in [2.45, 2.75) is 134 Å². The number of likely N-dealkylation sites (tertiary alicyclic amines) is 2. The van der Waals surface area contributed by atoms with Crippen molar-refractivity contribution in [2.24, 2.45) is 34.5 Å². The number of ketones is 1. The van der Waals surface area contributed by atoms with E-state index in [1.807, 2.05) is 112 Å². The minimum atomic E-state index is -1.82. The summed E-state index contributed by atoms with van der Waals surface area (Å²) in [6.45, 7) is 8.19. The fourth-order valence-corrected chi connectivity index (χ4v) is 14.5. The second kappa shape index (κ2) is 29.4. The first-order chi connectivity index (χ1) is 45.0. The van der Waals surface area contributed by atoms with Gasteiger partial charge >= 0.3 is 0 Å². The normalized spacial score (nSPS) is 18.9. The van der Waals surface area contributed by atoms with Gasteiger partial charge in [-0.05, 0) is 136 Å². The topological polar surface area (TPSA) is 284 Å². The third kappa shape index (κ3) is 14.0. The number of rotatable bonds is 16. The molecule has 5 aliphatic rings. The van der Waals surface area contributed by atoms with Crippen molar-refractivity contribution in [3.8, 4) is 22.3 Å². The first-order valence-corrected chi connectivity index (χ1v) is 33.1. The number of nitrogens with one attached hydrogen (secondary N) is 3. The number of aliphatic hydroxyl groups is 3. The third-order valence-corrected chi connectivity index (χ3v) is 19.6. The van der Waals surface area contributed by atoms with E-state index in [-0.39, 0.29) is 42.5 Å². The third-order valence-electron chi connectivity index (χ3n) is 18.9. The molecule has 5 amide bonds. The average molecular weight is 1330 g/mol. The standard InChI is InChI=1S/2C27H26ClN3O3.C20H29ClN2O3/c2*28-19-12-11-17(15-29)18(14-19)16-30-25(32)24-10-5-13-31(24)26(33)27(34)22-8-3-1-6-20(22)21-7-2-4-9-23(21)27;1-20(2,3)18(25)17(24)15-5-4-6-16(15)19(26)23-11-13-9-14(21)8-7-12(13)10-22/h2*1-4,6-9,11-12,14,24,34H,5,10,13,15-16,29H2,(H,30,32);7-9,15-16,18,25H,4-6,10-11,22H2,1-3H3,(H,23,26)/t24-;;15?,16-,18+/m0.1/s1. The van der Waals surface area contributed by atoms with Gasteiger partial charge in [0.2, 0.25) is 17.7 Å². The number of aliphatic hydroxyl groups excluding tert-OH is 1. The van der Waals surface area contributed by atoms with E-state index in [1.165, 1.54) is 9.80 Å². The fraction of sp³-hybridized carbons (Fsp3) is 0.351. The van der Waals surface area contributed by atoms with Crippen LogP contribution >= 0.6 is 34.8 Å². The van der Waals surface area contributed by atoms with Gasteiger partial charge in [-0.3, -0.25) is 28.8 Å². The summed E-state index contributed by atoms with van der Waals surface area (Å²) in [5, 5.41) is 44.6. The molecule has 0 radical (unpaired) electrons. The number of halogens is 3. The first kappa shape index (κ1) is 69.0. The molecular weight excluding hydrogens is 1250 g/mol. The van der Waals surface area contributed by atoms with E-state index in [9.17, 15) is 44.1 Å². The summed E-state index contributed by atoms with van der Waals surface area (Å²) in [6.07, 6.45) is 3.53. The molecule has 20 heteroatoms. The molecule has 2 unspecified atom stereocenters. The molecule has 0 spiro atoms. The molecule has 7 aromatic carbocycles. The highest BCUT2D eigenvalue weighted by molar-refractivity contribution is 6.31. The molecule has 94 heavy (non-hydrogen) atoms. The van der Waals surface area contributed by atoms with Gasteiger partial charge in [-0.1, -0.05) is 177 Å². The van der Waals surface area contributed by atoms with Crippen LogP contribution in [-0.4, -0.2) is 91.7 Å². The van der Waals surface area contributed by atoms with Gasteiger partial charge in [0.25, 0.3) is 11.8 Å². The molecule has 3 aliphatic carbocycles. The molecule has 3 fully saturated rings. The Morgan fingerprint density at radius 3 is 1.12 bits per heavy atom. The Morgan fingerprint density at radius 1 is 0.468 bits per heavy atom. The molecule has 1 saturated carbocycles. The number of benzene rings is 7. The lowest BCUT2D eigenvalue weighted by molar-refractivity contribution is -0.151. The largest absolute Gasteiger partial charge is 0.385 e. The summed E-state index contributed by atoms with van der Waals surface area (Å²) in [5.74, 6) is -2.61. The van der Waals surface area contributed by atoms with Crippen molar-refractivity contribution in [3.63, 3.8) is 0 Å². The quantitative estimate of drug-likeness (QED) is 0.0437. The van der Waals surface area contributed by atoms with Crippen LogP contribution in [0.5, 0.6) is 0 Å². The zero-order valence-corrected chi connectivity index (χ0v) is 55.2. The van der Waals surface area contributed by atoms with Gasteiger partial charge in [-0.25, -0.2) is 0 Å². The molecule has 17 nitrogen and oxygen atoms in total. The van der Waals surface area contributed by atoms with Gasteiger partial charge in [-0.15, -0.1) is 0 Å². The Bertz CT molecular complexity index is 3720. The second-order valence-electron chi connectivity index (χ2n) is 25.7. The van der Waals surface area contributed by atoms with Crippen molar-refractivity contribution in [1.82, 2.24) is 25.8 Å². The second-order valence-corrected chi connectivity index (χ2v) is 27.0. The Balaban J connectivity index is 0.000000156. The van der Waals surface area contributed by atoms with E-state index in [0.717, 1.165) is 62.1 Å². The van der Waals surface area contributed by atoms with Crippen LogP contribution in [0, 0.1) is 17.3 Å². The predicted molar refractivity (Wildman–Crippen MR) is 364 cm³/mol. The lowest BCUT2D eigenvalue weighted by Gasteiger charge is -2.33. The van der Waals surface area contributed by atoms with Crippen LogP contribution in [0.1, 0.15) is 121 Å². The highest BCUT2D eigenvalue weighted by Gasteiger charge is 2.54. The molecular formula is C74H81Cl3N8O9. The number of hydrogen-bond acceptors (Lipinski definition) is 12. The molecule has 2 heterocycles. The van der Waals surface area contributed by atoms with E-state index in [1.54, 1.807) is 60.7 Å². The molecule has 2 aliphatic heterocycles. The van der Waals surface area contributed by atoms with Crippen LogP contribution < -0.4 is 33.2 Å². The maximum atomic E-state index is 13.9. The van der Waals surface area contributed by atoms with E-state index >= 15 is 0 Å². The van der Waals surface area contributed by atoms with Crippen LogP contribution in [0.2, 0.25) is 15.1 Å². The van der Waals surface area contributed by atoms with Gasteiger partial charge in [0, 0.05) is 102 Å². The number of nitrogens with zero attached hydrogens (tertiary/aromatic N) is 2. The lowest BCUT2D eigenvalue weighted by atomic mass is 9.79. The zero-order valence-electron chi connectivity index (χ0n) is 53.0. The van der Waals surface area contributed by atoms with Gasteiger partial charge in [0.15, 0.2) is 17.0 Å². The van der Waals surface area contributed by atoms with E-state index in [0.29, 0.717) is 115 Å². The van der Waals surface area contributed by atoms with Crippen molar-refractivity contribution >= 4 is 70.1 Å². The summed E-state index contributed by atoms with van der Waals surface area (Å²) in [7, 11) is 0. The predicted octanol–water partition coefficient (Wildman–Crippen LogP) is 9.45. The number of carbonyl (C=O) groups is 6. The Morgan fingerprint density at radius 2 is 0.787 bits per heavy atom. The van der Waals surface area contributed by atoms with Gasteiger partial charge in [0.1, 0.15) is 18.2 Å². The molecule has 7 aromatic rings. The number of amides is 5. The molecule has 2 saturated heterocycles. The number of hydrogen-bond donors (Lipinski definition) is 9. The van der Waals surface area contributed by atoms with Crippen LogP contribution in [0.25, 0.3) is 22.3 Å². The Kier molecular flexibility index (Phi) is 21.6. The Hall–Kier alpha value is -7.81. The number of nitrogens with two attached hydrogens (primary N) is 3. The minimum absolute atomic E-state index is 0.148. The van der Waals surface area contributed by atoms with Crippen LogP contribution in [0.4, 0.5) is 0 Å².